The van der Waals surface area contributed by atoms with Crippen LogP contribution in [-0.4, -0.2) is 154 Å². The van der Waals surface area contributed by atoms with E-state index in [1.165, 1.54) is 7.11 Å². The summed E-state index contributed by atoms with van der Waals surface area (Å²) < 4.78 is 96.0. The van der Waals surface area contributed by atoms with Crippen molar-refractivity contribution in [3.63, 3.8) is 0 Å². The number of hydrogen-bond acceptors (Lipinski definition) is 16. The lowest BCUT2D eigenvalue weighted by molar-refractivity contribution is -0.293. The number of carbonyl (C=O) groups excluding carboxylic acids is 2. The summed E-state index contributed by atoms with van der Waals surface area (Å²) in [5, 5.41) is 0. The van der Waals surface area contributed by atoms with Crippen molar-refractivity contribution in [2.45, 2.75) is 213 Å². The lowest BCUT2D eigenvalue weighted by atomic mass is 9.80. The Labute approximate surface area is 373 Å². The molecular weight excluding hydrogens is 858 g/mol. The van der Waals surface area contributed by atoms with E-state index >= 15 is 0 Å². The molecule has 350 valence electrons. The number of ether oxygens (including phenoxy) is 12. The zero-order chi connectivity index (χ0) is 43.6. The van der Waals surface area contributed by atoms with Crippen LogP contribution in [0.2, 0.25) is 0 Å². The summed E-state index contributed by atoms with van der Waals surface area (Å²) in [6.07, 6.45) is 2.18. The lowest BCUT2D eigenvalue weighted by Crippen LogP contribution is -2.62. The maximum Gasteiger partial charge on any atom is 0.332 e. The molecule has 63 heavy (non-hydrogen) atoms. The van der Waals surface area contributed by atoms with Crippen LogP contribution in [0.15, 0.2) is 23.3 Å². The van der Waals surface area contributed by atoms with Gasteiger partial charge in [0.1, 0.15) is 49.8 Å². The van der Waals surface area contributed by atoms with Gasteiger partial charge in [-0.15, -0.1) is 0 Å². The lowest BCUT2D eigenvalue weighted by Gasteiger charge is -2.51. The van der Waals surface area contributed by atoms with Gasteiger partial charge in [-0.25, -0.2) is 4.79 Å². The summed E-state index contributed by atoms with van der Waals surface area (Å²) in [6.45, 7) is 8.44. The number of fused-ring (bicyclic) bond motifs is 7. The predicted octanol–water partition coefficient (Wildman–Crippen LogP) is 5.01. The van der Waals surface area contributed by atoms with Gasteiger partial charge >= 0.3 is 11.9 Å². The molecule has 0 amide bonds. The van der Waals surface area contributed by atoms with Gasteiger partial charge in [-0.3, -0.25) is 9.36 Å². The van der Waals surface area contributed by atoms with E-state index in [-0.39, 0.29) is 101 Å². The van der Waals surface area contributed by atoms with Crippen molar-refractivity contribution >= 4 is 29.9 Å². The fourth-order valence-electron chi connectivity index (χ4n) is 12.5. The predicted molar refractivity (Wildman–Crippen MR) is 224 cm³/mol. The molecule has 10 fully saturated rings. The van der Waals surface area contributed by atoms with Crippen LogP contribution in [0.25, 0.3) is 0 Å². The fraction of sp³-hybridized carbons (Fsp3) is 0.867. The van der Waals surface area contributed by atoms with E-state index in [4.69, 9.17) is 61.4 Å². The van der Waals surface area contributed by atoms with Crippen LogP contribution in [0, 0.1) is 5.92 Å². The smallest absolute Gasteiger partial charge is 0.332 e. The molecular formula is C45H64O16P2. The minimum absolute atomic E-state index is 0.0206. The summed E-state index contributed by atoms with van der Waals surface area (Å²) in [5.74, 6) is -2.01. The zero-order valence-corrected chi connectivity index (χ0v) is 38.6. The van der Waals surface area contributed by atoms with Crippen LogP contribution in [0.3, 0.4) is 0 Å². The van der Waals surface area contributed by atoms with Crippen molar-refractivity contribution in [2.24, 2.45) is 5.92 Å². The van der Waals surface area contributed by atoms with E-state index in [9.17, 15) is 14.2 Å². The second-order valence-corrected chi connectivity index (χ2v) is 20.6. The molecule has 0 radical (unpaired) electrons. The molecule has 0 aromatic carbocycles. The number of carbonyl (C=O) groups is 2. The third kappa shape index (κ3) is 9.02. The van der Waals surface area contributed by atoms with Crippen molar-refractivity contribution in [1.29, 1.82) is 0 Å². The molecule has 0 aromatic rings. The van der Waals surface area contributed by atoms with Crippen LogP contribution in [0.4, 0.5) is 0 Å². The largest absolute Gasteiger partial charge is 0.459 e. The Morgan fingerprint density at radius 3 is 2.37 bits per heavy atom. The van der Waals surface area contributed by atoms with E-state index in [1.807, 2.05) is 6.92 Å². The molecule has 0 saturated carbocycles. The van der Waals surface area contributed by atoms with Crippen LogP contribution in [-0.2, 0) is 75.5 Å². The zero-order valence-electron chi connectivity index (χ0n) is 36.5. The number of rotatable bonds is 8. The number of methoxy groups -OCH3 is 1. The van der Waals surface area contributed by atoms with Crippen molar-refractivity contribution in [1.82, 2.24) is 0 Å². The van der Waals surface area contributed by atoms with Crippen LogP contribution < -0.4 is 0 Å². The van der Waals surface area contributed by atoms with E-state index < -0.39 is 60.5 Å². The Kier molecular flexibility index (Phi) is 13.6. The molecule has 18 heteroatoms. The Morgan fingerprint density at radius 1 is 0.794 bits per heavy atom. The van der Waals surface area contributed by atoms with Crippen LogP contribution >= 0.6 is 17.9 Å². The Morgan fingerprint density at radius 2 is 1.54 bits per heavy atom. The van der Waals surface area contributed by atoms with Gasteiger partial charge in [-0.2, -0.15) is 0 Å². The standard InChI is InChI=1S/C45H64O16P2/c1-21-13-24-5-7-28-22(2)14-26(51-28)9-11-45-18-35-41(59-45)42-43(57-35)44(60-45)40-30(56-42)8-6-25(53-40)15-36(46)58-39-23(3)38-34(17-32(61-62)29(55-38)10-12-63-48)54-33(39)16-31(52-24)27(21)19-50-37(47)20-49-4/h23-26,28-35,38-44H,2,5-20,62H2,1,3-4H3/t23-,24-,25+,26-,28?,29+,30-,31?,32+,33-,34-,35+,38-,39?,40-,41-,42-,43+,44-,45-/m0/s1. The summed E-state index contributed by atoms with van der Waals surface area (Å²) in [4.78, 5) is 26.9. The molecule has 11 aliphatic rings. The SMILES string of the molecule is C=C1C[C@@H]2CC[C@@]34C[C@H]5O[C@H]6[C@@H](O3)[C@H]3O[C@H](CC[C@@H]3O[C@H]6[C@H]5O4)CC(=O)OC3[C@H](CC4O[C@@H](CCC1O2)CC(C)=C4COC(=O)COC)O[C@H]1C[C@@H](OP)[C@@H](CCP=O)O[C@H]1[C@@H]3C. The van der Waals surface area contributed by atoms with Crippen molar-refractivity contribution in [2.75, 3.05) is 26.5 Å². The molecule has 10 saturated heterocycles. The highest BCUT2D eigenvalue weighted by molar-refractivity contribution is 7.23. The third-order valence-corrected chi connectivity index (χ3v) is 16.3. The first-order valence-electron chi connectivity index (χ1n) is 23.3. The maximum atomic E-state index is 14.3. The topological polar surface area (TPSA) is 171 Å². The Balaban J connectivity index is 0.951. The quantitative estimate of drug-likeness (QED) is 0.181. The van der Waals surface area contributed by atoms with E-state index in [1.54, 1.807) is 0 Å². The molecule has 11 rings (SSSR count). The monoisotopic (exact) mass is 922 g/mol. The van der Waals surface area contributed by atoms with Crippen LogP contribution in [0.5, 0.6) is 0 Å². The van der Waals surface area contributed by atoms with Gasteiger partial charge in [0, 0.05) is 54.3 Å². The number of esters is 2. The first kappa shape index (κ1) is 45.3. The van der Waals surface area contributed by atoms with Gasteiger partial charge < -0.3 is 61.4 Å². The average molecular weight is 923 g/mol. The Bertz CT molecular complexity index is 1770. The highest BCUT2D eigenvalue weighted by Crippen LogP contribution is 2.54. The summed E-state index contributed by atoms with van der Waals surface area (Å²) >= 11 is 0. The van der Waals surface area contributed by atoms with Gasteiger partial charge in [0.05, 0.1) is 79.7 Å². The second-order valence-electron chi connectivity index (χ2n) is 19.6. The highest BCUT2D eigenvalue weighted by atomic mass is 31.1. The highest BCUT2D eigenvalue weighted by Gasteiger charge is 2.69. The van der Waals surface area contributed by atoms with Crippen molar-refractivity contribution in [3.8, 4) is 0 Å². The van der Waals surface area contributed by atoms with Gasteiger partial charge in [0.15, 0.2) is 14.2 Å². The number of hydrogen-bond donors (Lipinski definition) is 0. The van der Waals surface area contributed by atoms with E-state index in [0.717, 1.165) is 42.4 Å². The van der Waals surface area contributed by atoms with Gasteiger partial charge in [-0.05, 0) is 69.4 Å². The van der Waals surface area contributed by atoms with Gasteiger partial charge in [0.2, 0.25) is 0 Å². The molecule has 1 spiro atoms. The van der Waals surface area contributed by atoms with Gasteiger partial charge in [0.25, 0.3) is 0 Å². The van der Waals surface area contributed by atoms with Crippen molar-refractivity contribution < 1.29 is 75.5 Å². The molecule has 12 bridgehead atoms. The summed E-state index contributed by atoms with van der Waals surface area (Å²) in [5.41, 5.74) is 3.02. The molecule has 0 aromatic heterocycles. The Hall–Kier alpha value is -1.49. The van der Waals surface area contributed by atoms with Crippen molar-refractivity contribution in [3.05, 3.63) is 23.3 Å². The van der Waals surface area contributed by atoms with Crippen LogP contribution in [0.1, 0.15) is 97.3 Å². The maximum absolute atomic E-state index is 14.3. The normalized spacial score (nSPS) is 48.3. The summed E-state index contributed by atoms with van der Waals surface area (Å²) in [6, 6.07) is 0. The minimum atomic E-state index is -0.845. The second kappa shape index (κ2) is 18.9. The summed E-state index contributed by atoms with van der Waals surface area (Å²) in [7, 11) is 3.84. The van der Waals surface area contributed by atoms with Gasteiger partial charge in [-0.1, -0.05) is 19.1 Å². The molecule has 4 unspecified atom stereocenters. The molecule has 16 nitrogen and oxygen atoms in total. The van der Waals surface area contributed by atoms with E-state index in [0.29, 0.717) is 57.5 Å². The molecule has 21 atom stereocenters. The molecule has 11 heterocycles. The fourth-order valence-corrected chi connectivity index (χ4v) is 13.1. The minimum Gasteiger partial charge on any atom is -0.459 e. The average Bonchev–Trinajstić information content (AvgIpc) is 3.85. The first-order chi connectivity index (χ1) is 30.5. The first-order valence-corrected chi connectivity index (χ1v) is 24.8. The van der Waals surface area contributed by atoms with E-state index in [2.05, 4.69) is 23.0 Å². The third-order valence-electron chi connectivity index (χ3n) is 15.5. The molecule has 0 N–H and O–H groups in total. The molecule has 0 aliphatic carbocycles. The molecule has 11 aliphatic heterocycles.